The molecule has 38 heavy (non-hydrogen) atoms. The average molecular weight is 535 g/mol. The van der Waals surface area contributed by atoms with Crippen molar-refractivity contribution in [1.82, 2.24) is 0 Å². The standard InChI is InChI=1S/C28H38O10/c1-9-33-19-15-17(27(29)31-7)21(25(37-13-5)23(19)35-11-3)22-18(28(30)32-8)16-20(34-10-2)24(36-12-4)26(22)38-14-6/h15-16H,9-14H2,1-8H3. The van der Waals surface area contributed by atoms with Crippen molar-refractivity contribution in [3.05, 3.63) is 23.3 Å². The molecule has 0 amide bonds. The van der Waals surface area contributed by atoms with Crippen molar-refractivity contribution in [2.24, 2.45) is 0 Å². The summed E-state index contributed by atoms with van der Waals surface area (Å²) in [5, 5.41) is 0. The van der Waals surface area contributed by atoms with Gasteiger partial charge in [-0.3, -0.25) is 0 Å². The van der Waals surface area contributed by atoms with Gasteiger partial charge in [0.25, 0.3) is 0 Å². The van der Waals surface area contributed by atoms with E-state index >= 15 is 0 Å². The summed E-state index contributed by atoms with van der Waals surface area (Å²) in [5.74, 6) is 0.0980. The number of carbonyl (C=O) groups is 2. The molecule has 0 aliphatic carbocycles. The fourth-order valence-corrected chi connectivity index (χ4v) is 3.92. The van der Waals surface area contributed by atoms with E-state index in [1.807, 2.05) is 27.7 Å². The van der Waals surface area contributed by atoms with Gasteiger partial charge in [-0.25, -0.2) is 9.59 Å². The lowest BCUT2D eigenvalue weighted by Gasteiger charge is -2.25. The largest absolute Gasteiger partial charge is 0.490 e. The number of hydrogen-bond donors (Lipinski definition) is 0. The highest BCUT2D eigenvalue weighted by Crippen LogP contribution is 2.54. The molecule has 210 valence electrons. The first-order valence-corrected chi connectivity index (χ1v) is 12.7. The molecule has 2 aromatic rings. The van der Waals surface area contributed by atoms with Crippen molar-refractivity contribution in [2.45, 2.75) is 41.5 Å². The summed E-state index contributed by atoms with van der Waals surface area (Å²) in [5.41, 5.74) is 0.554. The topological polar surface area (TPSA) is 108 Å². The van der Waals surface area contributed by atoms with Gasteiger partial charge in [-0.15, -0.1) is 0 Å². The molecule has 0 unspecified atom stereocenters. The maximum atomic E-state index is 13.2. The van der Waals surface area contributed by atoms with Crippen LogP contribution in [-0.2, 0) is 9.47 Å². The van der Waals surface area contributed by atoms with E-state index in [1.54, 1.807) is 13.8 Å². The second-order valence-corrected chi connectivity index (χ2v) is 7.49. The van der Waals surface area contributed by atoms with E-state index in [0.29, 0.717) is 13.2 Å². The lowest BCUT2D eigenvalue weighted by molar-refractivity contribution is 0.0589. The SMILES string of the molecule is CCOc1cc(C(=O)OC)c(-c2c(C(=O)OC)cc(OCC)c(OCC)c2OCC)c(OCC)c1OCC. The van der Waals surface area contributed by atoms with E-state index in [2.05, 4.69) is 0 Å². The van der Waals surface area contributed by atoms with Crippen LogP contribution in [0.2, 0.25) is 0 Å². The molecule has 0 fully saturated rings. The van der Waals surface area contributed by atoms with Crippen molar-refractivity contribution >= 4 is 11.9 Å². The summed E-state index contributed by atoms with van der Waals surface area (Å²) in [6.07, 6.45) is 0. The lowest BCUT2D eigenvalue weighted by atomic mass is 9.91. The molecule has 0 bridgehead atoms. The molecule has 0 atom stereocenters. The molecule has 0 aliphatic heterocycles. The van der Waals surface area contributed by atoms with E-state index in [1.165, 1.54) is 26.4 Å². The third-order valence-corrected chi connectivity index (χ3v) is 5.22. The quantitative estimate of drug-likeness (QED) is 0.279. The zero-order valence-corrected chi connectivity index (χ0v) is 23.5. The second-order valence-electron chi connectivity index (χ2n) is 7.49. The van der Waals surface area contributed by atoms with Crippen LogP contribution in [0.4, 0.5) is 0 Å². The summed E-state index contributed by atoms with van der Waals surface area (Å²) in [7, 11) is 2.52. The fraction of sp³-hybridized carbons (Fsp3) is 0.500. The molecule has 0 N–H and O–H groups in total. The fourth-order valence-electron chi connectivity index (χ4n) is 3.92. The Kier molecular flexibility index (Phi) is 11.8. The summed E-state index contributed by atoms with van der Waals surface area (Å²) in [6, 6.07) is 3.01. The van der Waals surface area contributed by atoms with Gasteiger partial charge in [0.2, 0.25) is 11.5 Å². The number of methoxy groups -OCH3 is 2. The molecule has 2 rings (SSSR count). The minimum absolute atomic E-state index is 0.0700. The summed E-state index contributed by atoms with van der Waals surface area (Å²) < 4.78 is 46.0. The molecule has 0 aromatic heterocycles. The summed E-state index contributed by atoms with van der Waals surface area (Å²) >= 11 is 0. The Hall–Kier alpha value is -3.82. The average Bonchev–Trinajstić information content (AvgIpc) is 2.91. The minimum atomic E-state index is -0.685. The zero-order chi connectivity index (χ0) is 28.2. The van der Waals surface area contributed by atoms with Gasteiger partial charge >= 0.3 is 11.9 Å². The highest BCUT2D eigenvalue weighted by atomic mass is 16.6. The molecule has 0 spiro atoms. The minimum Gasteiger partial charge on any atom is -0.490 e. The van der Waals surface area contributed by atoms with Crippen LogP contribution < -0.4 is 28.4 Å². The molecule has 0 heterocycles. The van der Waals surface area contributed by atoms with E-state index in [9.17, 15) is 9.59 Å². The summed E-state index contributed by atoms with van der Waals surface area (Å²) in [6.45, 7) is 12.5. The van der Waals surface area contributed by atoms with Crippen LogP contribution >= 0.6 is 0 Å². The molecule has 0 saturated heterocycles. The van der Waals surface area contributed by atoms with Gasteiger partial charge in [0, 0.05) is 11.1 Å². The van der Waals surface area contributed by atoms with Gasteiger partial charge in [0.1, 0.15) is 0 Å². The first-order chi connectivity index (χ1) is 18.4. The van der Waals surface area contributed by atoms with E-state index in [0.717, 1.165) is 0 Å². The van der Waals surface area contributed by atoms with Crippen LogP contribution in [0.1, 0.15) is 62.3 Å². The molecule has 2 aromatic carbocycles. The number of benzene rings is 2. The normalized spacial score (nSPS) is 10.4. The first-order valence-electron chi connectivity index (χ1n) is 12.7. The van der Waals surface area contributed by atoms with E-state index < -0.39 is 11.9 Å². The van der Waals surface area contributed by atoms with Gasteiger partial charge in [-0.05, 0) is 53.7 Å². The van der Waals surface area contributed by atoms with E-state index in [4.69, 9.17) is 37.9 Å². The van der Waals surface area contributed by atoms with Crippen LogP contribution in [0.25, 0.3) is 11.1 Å². The Labute approximate surface area is 224 Å². The van der Waals surface area contributed by atoms with Crippen molar-refractivity contribution in [3.8, 4) is 45.6 Å². The predicted octanol–water partition coefficient (Wildman–Crippen LogP) is 5.32. The first kappa shape index (κ1) is 30.4. The highest BCUT2D eigenvalue weighted by Gasteiger charge is 2.34. The van der Waals surface area contributed by atoms with Crippen molar-refractivity contribution in [2.75, 3.05) is 53.9 Å². The maximum absolute atomic E-state index is 13.2. The van der Waals surface area contributed by atoms with Gasteiger partial charge in [0.15, 0.2) is 23.0 Å². The van der Waals surface area contributed by atoms with Gasteiger partial charge in [-0.1, -0.05) is 0 Å². The Morgan fingerprint density at radius 2 is 0.789 bits per heavy atom. The number of ether oxygens (including phenoxy) is 8. The van der Waals surface area contributed by atoms with Gasteiger partial charge in [0.05, 0.1) is 65.0 Å². The van der Waals surface area contributed by atoms with Crippen LogP contribution in [0.3, 0.4) is 0 Å². The Bertz CT molecular complexity index is 1020. The second kappa shape index (κ2) is 14.8. The number of esters is 2. The number of hydrogen-bond acceptors (Lipinski definition) is 10. The Balaban J connectivity index is 3.29. The third-order valence-electron chi connectivity index (χ3n) is 5.22. The lowest BCUT2D eigenvalue weighted by Crippen LogP contribution is -2.14. The van der Waals surface area contributed by atoms with Crippen LogP contribution in [0, 0.1) is 0 Å². The number of rotatable bonds is 15. The molecular weight excluding hydrogens is 496 g/mol. The Morgan fingerprint density at radius 1 is 0.500 bits per heavy atom. The smallest absolute Gasteiger partial charge is 0.338 e. The van der Waals surface area contributed by atoms with Crippen LogP contribution in [-0.4, -0.2) is 65.8 Å². The molecule has 0 radical (unpaired) electrons. The van der Waals surface area contributed by atoms with Crippen molar-refractivity contribution in [3.63, 3.8) is 0 Å². The highest BCUT2D eigenvalue weighted by molar-refractivity contribution is 6.08. The van der Waals surface area contributed by atoms with Crippen molar-refractivity contribution in [1.29, 1.82) is 0 Å². The molecule has 0 saturated carbocycles. The molecular formula is C28H38O10. The van der Waals surface area contributed by atoms with Gasteiger partial charge in [-0.2, -0.15) is 0 Å². The van der Waals surface area contributed by atoms with Crippen LogP contribution in [0.5, 0.6) is 34.5 Å². The maximum Gasteiger partial charge on any atom is 0.338 e. The Morgan fingerprint density at radius 3 is 1.05 bits per heavy atom. The molecule has 10 heteroatoms. The monoisotopic (exact) mass is 534 g/mol. The summed E-state index contributed by atoms with van der Waals surface area (Å²) in [4.78, 5) is 26.4. The van der Waals surface area contributed by atoms with Gasteiger partial charge < -0.3 is 37.9 Å². The molecule has 0 aliphatic rings. The third kappa shape index (κ3) is 6.35. The predicted molar refractivity (Wildman–Crippen MR) is 142 cm³/mol. The molecule has 10 nitrogen and oxygen atoms in total. The van der Waals surface area contributed by atoms with E-state index in [-0.39, 0.29) is 83.2 Å². The van der Waals surface area contributed by atoms with Crippen LogP contribution in [0.15, 0.2) is 12.1 Å². The number of carbonyl (C=O) groups excluding carboxylic acids is 2. The van der Waals surface area contributed by atoms with Crippen molar-refractivity contribution < 1.29 is 47.5 Å². The zero-order valence-electron chi connectivity index (χ0n) is 23.5.